The van der Waals surface area contributed by atoms with Gasteiger partial charge in [0.05, 0.1) is 22.1 Å². The molecule has 2 heterocycles. The monoisotopic (exact) mass is 495 g/mol. The molecule has 0 bridgehead atoms. The van der Waals surface area contributed by atoms with E-state index in [-0.39, 0.29) is 36.2 Å². The number of hydrogen-bond acceptors (Lipinski definition) is 6. The highest BCUT2D eigenvalue weighted by atomic mass is 32.2. The molecule has 13 heteroatoms. The predicted octanol–water partition coefficient (Wildman–Crippen LogP) is 2.35. The van der Waals surface area contributed by atoms with Crippen molar-refractivity contribution < 1.29 is 31.5 Å². The number of piperazine rings is 1. The molecule has 1 aromatic carbocycles. The molecule has 0 saturated carbocycles. The van der Waals surface area contributed by atoms with Crippen molar-refractivity contribution in [1.82, 2.24) is 13.8 Å². The fraction of sp³-hybridized carbons (Fsp3) is 0.381. The van der Waals surface area contributed by atoms with Gasteiger partial charge < -0.3 is 9.67 Å². The first-order valence-electron chi connectivity index (χ1n) is 10.1. The molecule has 0 radical (unpaired) electrons. The van der Waals surface area contributed by atoms with Crippen LogP contribution >= 0.6 is 0 Å². The number of rotatable bonds is 7. The molecule has 0 aliphatic carbocycles. The molecule has 2 aromatic rings. The van der Waals surface area contributed by atoms with Gasteiger partial charge in [-0.2, -0.15) is 28.0 Å². The number of sulfonamides is 1. The van der Waals surface area contributed by atoms with E-state index < -0.39 is 39.2 Å². The van der Waals surface area contributed by atoms with Crippen LogP contribution < -0.4 is 0 Å². The molecule has 0 unspecified atom stereocenters. The first kappa shape index (κ1) is 25.2. The highest BCUT2D eigenvalue weighted by Crippen LogP contribution is 2.36. The smallest absolute Gasteiger partial charge is 0.416 e. The van der Waals surface area contributed by atoms with Gasteiger partial charge in [-0.1, -0.05) is 0 Å². The summed E-state index contributed by atoms with van der Waals surface area (Å²) >= 11 is 0. The summed E-state index contributed by atoms with van der Waals surface area (Å²) in [5.74, 6) is -1.22. The standard InChI is InChI=1S/C21H20F3N5O4S/c22-21(23,24)17-8-15(19-13-28(14-20(30)31)12-16(19)11-26)9-18(10-17)34(32,33)29-6-4-27(5-7-29)3-1-2-25/h8-10,12-13H,1,3-7,14H2,(H,30,31). The van der Waals surface area contributed by atoms with Gasteiger partial charge in [-0.25, -0.2) is 8.42 Å². The Kier molecular flexibility index (Phi) is 7.31. The maximum Gasteiger partial charge on any atom is 0.416 e. The summed E-state index contributed by atoms with van der Waals surface area (Å²) in [4.78, 5) is 12.3. The molecule has 180 valence electrons. The van der Waals surface area contributed by atoms with Gasteiger partial charge in [-0.05, 0) is 23.8 Å². The molecule has 1 aliphatic heterocycles. The quantitative estimate of drug-likeness (QED) is 0.624. The molecule has 1 fully saturated rings. The molecule has 1 aromatic heterocycles. The number of halogens is 3. The van der Waals surface area contributed by atoms with Crippen molar-refractivity contribution >= 4 is 16.0 Å². The zero-order valence-corrected chi connectivity index (χ0v) is 18.6. The van der Waals surface area contributed by atoms with E-state index in [4.69, 9.17) is 10.4 Å². The second-order valence-corrected chi connectivity index (χ2v) is 9.60. The van der Waals surface area contributed by atoms with Crippen molar-refractivity contribution in [2.24, 2.45) is 0 Å². The molecule has 3 rings (SSSR count). The third-order valence-electron chi connectivity index (χ3n) is 5.37. The van der Waals surface area contributed by atoms with Gasteiger partial charge in [-0.15, -0.1) is 0 Å². The normalized spacial score (nSPS) is 15.6. The van der Waals surface area contributed by atoms with Crippen molar-refractivity contribution in [2.75, 3.05) is 32.7 Å². The van der Waals surface area contributed by atoms with E-state index in [9.17, 15) is 31.6 Å². The summed E-state index contributed by atoms with van der Waals surface area (Å²) < 4.78 is 69.6. The molecule has 34 heavy (non-hydrogen) atoms. The van der Waals surface area contributed by atoms with Crippen molar-refractivity contribution in [2.45, 2.75) is 24.0 Å². The van der Waals surface area contributed by atoms with Crippen LogP contribution in [-0.2, 0) is 27.5 Å². The van der Waals surface area contributed by atoms with E-state index in [0.717, 1.165) is 21.0 Å². The van der Waals surface area contributed by atoms with E-state index >= 15 is 0 Å². The Morgan fingerprint density at radius 3 is 2.32 bits per heavy atom. The van der Waals surface area contributed by atoms with E-state index in [2.05, 4.69) is 0 Å². The zero-order chi connectivity index (χ0) is 25.1. The van der Waals surface area contributed by atoms with Gasteiger partial charge in [-0.3, -0.25) is 9.69 Å². The maximum atomic E-state index is 13.6. The lowest BCUT2D eigenvalue weighted by Crippen LogP contribution is -2.48. The summed E-state index contributed by atoms with van der Waals surface area (Å²) in [6, 6.07) is 6.17. The lowest BCUT2D eigenvalue weighted by atomic mass is 10.0. The van der Waals surface area contributed by atoms with Gasteiger partial charge in [0.2, 0.25) is 10.0 Å². The van der Waals surface area contributed by atoms with Gasteiger partial charge in [0, 0.05) is 57.1 Å². The van der Waals surface area contributed by atoms with E-state index in [0.29, 0.717) is 25.7 Å². The van der Waals surface area contributed by atoms with Crippen LogP contribution in [0.4, 0.5) is 13.2 Å². The average molecular weight is 495 g/mol. The Bertz CT molecular complexity index is 1270. The topological polar surface area (TPSA) is 130 Å². The van der Waals surface area contributed by atoms with Crippen molar-refractivity contribution in [3.63, 3.8) is 0 Å². The molecular formula is C21H20F3N5O4S. The van der Waals surface area contributed by atoms with Crippen LogP contribution in [0.1, 0.15) is 17.5 Å². The number of hydrogen-bond donors (Lipinski definition) is 1. The summed E-state index contributed by atoms with van der Waals surface area (Å²) in [7, 11) is -4.29. The predicted molar refractivity (Wildman–Crippen MR) is 113 cm³/mol. The number of nitriles is 2. The Morgan fingerprint density at radius 2 is 1.76 bits per heavy atom. The number of carboxylic acid groups (broad SMARTS) is 1. The molecule has 1 N–H and O–H groups in total. The van der Waals surface area contributed by atoms with Crippen LogP contribution in [0.15, 0.2) is 35.5 Å². The Balaban J connectivity index is 2.02. The first-order valence-corrected chi connectivity index (χ1v) is 11.5. The molecule has 1 saturated heterocycles. The lowest BCUT2D eigenvalue weighted by Gasteiger charge is -2.33. The van der Waals surface area contributed by atoms with E-state index in [1.54, 1.807) is 6.07 Å². The highest BCUT2D eigenvalue weighted by Gasteiger charge is 2.35. The average Bonchev–Trinajstić information content (AvgIpc) is 3.19. The zero-order valence-electron chi connectivity index (χ0n) is 17.8. The Hall–Kier alpha value is -3.39. The molecular weight excluding hydrogens is 475 g/mol. The van der Waals surface area contributed by atoms with Crippen LogP contribution in [0.2, 0.25) is 0 Å². The number of benzene rings is 1. The number of aliphatic carboxylic acids is 1. The van der Waals surface area contributed by atoms with E-state index in [1.807, 2.05) is 11.0 Å². The number of carboxylic acids is 1. The maximum absolute atomic E-state index is 13.6. The second kappa shape index (κ2) is 9.85. The van der Waals surface area contributed by atoms with Crippen LogP contribution in [0.5, 0.6) is 0 Å². The highest BCUT2D eigenvalue weighted by molar-refractivity contribution is 7.89. The van der Waals surface area contributed by atoms with Gasteiger partial charge >= 0.3 is 12.1 Å². The van der Waals surface area contributed by atoms with Crippen LogP contribution in [0.3, 0.4) is 0 Å². The number of carbonyl (C=O) groups is 1. The summed E-state index contributed by atoms with van der Waals surface area (Å²) in [5, 5.41) is 27.1. The number of alkyl halides is 3. The minimum absolute atomic E-state index is 0.00683. The van der Waals surface area contributed by atoms with Crippen molar-refractivity contribution in [3.05, 3.63) is 41.7 Å². The summed E-state index contributed by atoms with van der Waals surface area (Å²) in [6.45, 7) is 0.736. The number of aromatic nitrogens is 1. The molecule has 0 atom stereocenters. The van der Waals surface area contributed by atoms with Crippen molar-refractivity contribution in [3.8, 4) is 23.3 Å². The van der Waals surface area contributed by atoms with Crippen molar-refractivity contribution in [1.29, 1.82) is 10.5 Å². The third-order valence-corrected chi connectivity index (χ3v) is 7.25. The summed E-state index contributed by atoms with van der Waals surface area (Å²) in [6.07, 6.45) is -2.19. The minimum atomic E-state index is -4.85. The Labute approximate surface area is 193 Å². The van der Waals surface area contributed by atoms with Crippen LogP contribution in [0.25, 0.3) is 11.1 Å². The third kappa shape index (κ3) is 5.56. The summed E-state index contributed by atoms with van der Waals surface area (Å²) in [5.41, 5.74) is -1.46. The Morgan fingerprint density at radius 1 is 1.09 bits per heavy atom. The van der Waals surface area contributed by atoms with Gasteiger partial charge in [0.25, 0.3) is 0 Å². The number of nitrogens with zero attached hydrogens (tertiary/aromatic N) is 5. The van der Waals surface area contributed by atoms with Crippen LogP contribution in [-0.4, -0.2) is 66.0 Å². The SMILES string of the molecule is N#CCCN1CCN(S(=O)(=O)c2cc(-c3cn(CC(=O)O)cc3C#N)cc(C(F)(F)F)c2)CC1. The fourth-order valence-electron chi connectivity index (χ4n) is 3.69. The molecule has 9 nitrogen and oxygen atoms in total. The fourth-order valence-corrected chi connectivity index (χ4v) is 5.19. The molecule has 0 amide bonds. The minimum Gasteiger partial charge on any atom is -0.480 e. The van der Waals surface area contributed by atoms with E-state index in [1.165, 1.54) is 12.4 Å². The lowest BCUT2D eigenvalue weighted by molar-refractivity contribution is -0.138. The second-order valence-electron chi connectivity index (χ2n) is 7.66. The van der Waals surface area contributed by atoms with Gasteiger partial charge in [0.15, 0.2) is 0 Å². The van der Waals surface area contributed by atoms with Gasteiger partial charge in [0.1, 0.15) is 12.6 Å². The largest absolute Gasteiger partial charge is 0.480 e. The first-order chi connectivity index (χ1) is 16.0. The molecule has 1 aliphatic rings. The van der Waals surface area contributed by atoms with Crippen LogP contribution in [0, 0.1) is 22.7 Å². The molecule has 0 spiro atoms.